The minimum atomic E-state index is -1.01. The summed E-state index contributed by atoms with van der Waals surface area (Å²) in [5.41, 5.74) is 1.01. The second kappa shape index (κ2) is 7.99. The van der Waals surface area contributed by atoms with E-state index in [0.29, 0.717) is 16.5 Å². The van der Waals surface area contributed by atoms with Crippen LogP contribution in [0.25, 0.3) is 0 Å². The molecule has 0 fully saturated rings. The topological polar surface area (TPSA) is 26.3 Å². The van der Waals surface area contributed by atoms with Gasteiger partial charge >= 0.3 is 5.97 Å². The molecule has 0 spiro atoms. The Balaban J connectivity index is 2.41. The third-order valence-electron chi connectivity index (χ3n) is 2.48. The van der Waals surface area contributed by atoms with Gasteiger partial charge in [0.2, 0.25) is 0 Å². The monoisotopic (exact) mass is 404 g/mol. The maximum Gasteiger partial charge on any atom is 0.338 e. The predicted molar refractivity (Wildman–Crippen MR) is 86.5 cm³/mol. The molecule has 0 saturated heterocycles. The minimum absolute atomic E-state index is 0.487. The van der Waals surface area contributed by atoms with E-state index in [4.69, 9.17) is 34.8 Å². The molecule has 0 bridgehead atoms. The highest BCUT2D eigenvalue weighted by atomic mass is 79.9. The van der Waals surface area contributed by atoms with Crippen LogP contribution in [0, 0.1) is 0 Å². The van der Waals surface area contributed by atoms with E-state index in [9.17, 15) is 4.79 Å². The van der Waals surface area contributed by atoms with Gasteiger partial charge in [0.1, 0.15) is 4.87 Å². The summed E-state index contributed by atoms with van der Waals surface area (Å²) in [6, 6.07) is 5.41. The maximum absolute atomic E-state index is 11.3. The molecule has 19 heavy (non-hydrogen) atoms. The highest BCUT2D eigenvalue weighted by Gasteiger charge is 2.31. The standard InChI is InChI=1S/C12H12BrCl3O2S/c1-12(16,11(17)18-13)4-5-19-7-8-2-3-9(14)6-10(8)15/h2-3,6H,4-5,7H2,1H3. The second-order valence-electron chi connectivity index (χ2n) is 4.10. The normalized spacial score (nSPS) is 13.9. The summed E-state index contributed by atoms with van der Waals surface area (Å²) in [6.07, 6.45) is 0.509. The van der Waals surface area contributed by atoms with Crippen LogP contribution in [0.2, 0.25) is 10.0 Å². The van der Waals surface area contributed by atoms with Gasteiger partial charge < -0.3 is 3.83 Å². The summed E-state index contributed by atoms with van der Waals surface area (Å²) in [5.74, 6) is 0.979. The van der Waals surface area contributed by atoms with Gasteiger partial charge in [-0.3, -0.25) is 0 Å². The predicted octanol–water partition coefficient (Wildman–Crippen LogP) is 5.47. The lowest BCUT2D eigenvalue weighted by Gasteiger charge is -2.17. The Morgan fingerprint density at radius 1 is 1.47 bits per heavy atom. The molecule has 0 N–H and O–H groups in total. The van der Waals surface area contributed by atoms with Gasteiger partial charge in [-0.05, 0) is 36.8 Å². The highest BCUT2D eigenvalue weighted by Crippen LogP contribution is 2.28. The zero-order valence-corrected chi connectivity index (χ0v) is 14.8. The number of alkyl halides is 1. The molecule has 0 aliphatic rings. The van der Waals surface area contributed by atoms with E-state index in [-0.39, 0.29) is 0 Å². The van der Waals surface area contributed by atoms with Crippen LogP contribution >= 0.6 is 62.8 Å². The largest absolute Gasteiger partial charge is 0.382 e. The summed E-state index contributed by atoms with van der Waals surface area (Å²) in [6.45, 7) is 1.63. The number of carbonyl (C=O) groups is 1. The van der Waals surface area contributed by atoms with Crippen LogP contribution in [-0.2, 0) is 14.4 Å². The minimum Gasteiger partial charge on any atom is -0.382 e. The molecule has 0 aliphatic heterocycles. The Labute approximate surface area is 140 Å². The third kappa shape index (κ3) is 5.72. The summed E-state index contributed by atoms with van der Waals surface area (Å²) < 4.78 is 4.46. The van der Waals surface area contributed by atoms with Crippen molar-refractivity contribution >= 4 is 68.8 Å². The van der Waals surface area contributed by atoms with Crippen molar-refractivity contribution in [1.29, 1.82) is 0 Å². The Kier molecular flexibility index (Phi) is 7.33. The molecule has 7 heteroatoms. The quantitative estimate of drug-likeness (QED) is 0.463. The Hall–Kier alpha value is 0.390. The number of halogens is 4. The number of carbonyl (C=O) groups excluding carboxylic acids is 1. The molecule has 0 aromatic heterocycles. The van der Waals surface area contributed by atoms with Crippen molar-refractivity contribution in [2.75, 3.05) is 5.75 Å². The summed E-state index contributed by atoms with van der Waals surface area (Å²) >= 11 is 22.2. The van der Waals surface area contributed by atoms with E-state index in [1.807, 2.05) is 6.07 Å². The van der Waals surface area contributed by atoms with Crippen LogP contribution in [0.3, 0.4) is 0 Å². The lowest BCUT2D eigenvalue weighted by atomic mass is 10.1. The molecule has 1 aromatic rings. The summed E-state index contributed by atoms with van der Waals surface area (Å²) in [7, 11) is 0. The SMILES string of the molecule is CC(Cl)(CCSCc1ccc(Cl)cc1Cl)C(=O)OBr. The number of rotatable bonds is 6. The molecule has 0 heterocycles. The van der Waals surface area contributed by atoms with Crippen molar-refractivity contribution in [1.82, 2.24) is 0 Å². The van der Waals surface area contributed by atoms with Crippen molar-refractivity contribution in [3.05, 3.63) is 33.8 Å². The highest BCUT2D eigenvalue weighted by molar-refractivity contribution is 9.06. The van der Waals surface area contributed by atoms with Gasteiger partial charge in [-0.2, -0.15) is 11.8 Å². The van der Waals surface area contributed by atoms with Crippen LogP contribution in [0.4, 0.5) is 0 Å². The lowest BCUT2D eigenvalue weighted by Crippen LogP contribution is -2.29. The summed E-state index contributed by atoms with van der Waals surface area (Å²) in [4.78, 5) is 10.3. The van der Waals surface area contributed by atoms with Gasteiger partial charge in [-0.15, -0.1) is 11.6 Å². The molecule has 1 rings (SSSR count). The average Bonchev–Trinajstić information content (AvgIpc) is 2.35. The molecular formula is C12H12BrCl3O2S. The molecule has 0 saturated carbocycles. The first kappa shape index (κ1) is 17.4. The number of benzene rings is 1. The van der Waals surface area contributed by atoms with Gasteiger partial charge in [0.05, 0.1) is 0 Å². The van der Waals surface area contributed by atoms with Crippen LogP contribution in [0.1, 0.15) is 18.9 Å². The Morgan fingerprint density at radius 3 is 2.74 bits per heavy atom. The summed E-state index contributed by atoms with van der Waals surface area (Å²) in [5, 5.41) is 1.26. The maximum atomic E-state index is 11.3. The lowest BCUT2D eigenvalue weighted by molar-refractivity contribution is -0.134. The van der Waals surface area contributed by atoms with Crippen molar-refractivity contribution < 1.29 is 8.62 Å². The van der Waals surface area contributed by atoms with Crippen molar-refractivity contribution in [3.63, 3.8) is 0 Å². The molecule has 1 aromatic carbocycles. The van der Waals surface area contributed by atoms with Crippen LogP contribution < -0.4 is 0 Å². The fraction of sp³-hybridized carbons (Fsp3) is 0.417. The van der Waals surface area contributed by atoms with Crippen molar-refractivity contribution in [2.45, 2.75) is 24.0 Å². The van der Waals surface area contributed by atoms with E-state index >= 15 is 0 Å². The zero-order chi connectivity index (χ0) is 14.5. The van der Waals surface area contributed by atoms with Gasteiger partial charge in [0.25, 0.3) is 0 Å². The molecule has 0 aliphatic carbocycles. The number of hydrogen-bond donors (Lipinski definition) is 0. The van der Waals surface area contributed by atoms with E-state index < -0.39 is 10.8 Å². The average molecular weight is 407 g/mol. The van der Waals surface area contributed by atoms with Crippen LogP contribution in [0.15, 0.2) is 18.2 Å². The van der Waals surface area contributed by atoms with Crippen LogP contribution in [0.5, 0.6) is 0 Å². The van der Waals surface area contributed by atoms with Crippen molar-refractivity contribution in [3.8, 4) is 0 Å². The number of hydrogen-bond acceptors (Lipinski definition) is 3. The van der Waals surface area contributed by atoms with Gasteiger partial charge in [-0.1, -0.05) is 29.3 Å². The number of thioether (sulfide) groups is 1. The van der Waals surface area contributed by atoms with Gasteiger partial charge in [-0.25, -0.2) is 4.79 Å². The van der Waals surface area contributed by atoms with Gasteiger partial charge in [0, 0.05) is 15.8 Å². The first-order chi connectivity index (χ1) is 8.86. The molecular weight excluding hydrogens is 394 g/mol. The van der Waals surface area contributed by atoms with Crippen molar-refractivity contribution in [2.24, 2.45) is 0 Å². The van der Waals surface area contributed by atoms with E-state index in [1.54, 1.807) is 30.8 Å². The molecule has 1 atom stereocenters. The van der Waals surface area contributed by atoms with Gasteiger partial charge in [0.15, 0.2) is 16.3 Å². The zero-order valence-electron chi connectivity index (χ0n) is 10.1. The molecule has 106 valence electrons. The molecule has 0 radical (unpaired) electrons. The molecule has 0 amide bonds. The molecule has 1 unspecified atom stereocenters. The van der Waals surface area contributed by atoms with E-state index in [0.717, 1.165) is 17.1 Å². The first-order valence-corrected chi connectivity index (χ1v) is 8.34. The fourth-order valence-corrected chi connectivity index (χ4v) is 3.69. The smallest absolute Gasteiger partial charge is 0.338 e. The Morgan fingerprint density at radius 2 is 2.16 bits per heavy atom. The van der Waals surface area contributed by atoms with Crippen LogP contribution in [-0.4, -0.2) is 16.6 Å². The van der Waals surface area contributed by atoms with E-state index in [2.05, 4.69) is 20.1 Å². The second-order valence-corrected chi connectivity index (χ2v) is 7.21. The molecule has 2 nitrogen and oxygen atoms in total. The third-order valence-corrected chi connectivity index (χ3v) is 4.72. The van der Waals surface area contributed by atoms with E-state index in [1.165, 1.54) is 0 Å². The first-order valence-electron chi connectivity index (χ1n) is 5.40. The Bertz CT molecular complexity index is 455. The fourth-order valence-electron chi connectivity index (χ4n) is 1.27.